The van der Waals surface area contributed by atoms with E-state index in [2.05, 4.69) is 37.8 Å². The fourth-order valence-corrected chi connectivity index (χ4v) is 4.03. The molecule has 4 N–H and O–H groups in total. The van der Waals surface area contributed by atoms with Crippen LogP contribution in [0.5, 0.6) is 5.75 Å². The van der Waals surface area contributed by atoms with Crippen LogP contribution in [-0.2, 0) is 4.79 Å². The lowest BCUT2D eigenvalue weighted by molar-refractivity contribution is -0.111. The van der Waals surface area contributed by atoms with Crippen molar-refractivity contribution in [2.24, 2.45) is 0 Å². The molecule has 1 aliphatic carbocycles. The first-order chi connectivity index (χ1) is 17.5. The van der Waals surface area contributed by atoms with Crippen LogP contribution in [0.25, 0.3) is 0 Å². The van der Waals surface area contributed by atoms with E-state index in [4.69, 9.17) is 17.0 Å². The number of thioether (sulfide) groups is 1. The lowest BCUT2D eigenvalue weighted by Gasteiger charge is -2.11. The molecule has 8 nitrogen and oxygen atoms in total. The first kappa shape index (κ1) is 25.4. The molecule has 2 aromatic carbocycles. The van der Waals surface area contributed by atoms with Crippen molar-refractivity contribution < 1.29 is 13.9 Å². The number of thiocarbonyl (C=S) groups is 1. The Morgan fingerprint density at radius 1 is 1.17 bits per heavy atom. The zero-order valence-electron chi connectivity index (χ0n) is 19.3. The molecule has 3 aromatic rings. The van der Waals surface area contributed by atoms with Crippen LogP contribution in [0.1, 0.15) is 12.8 Å². The molecule has 1 fully saturated rings. The van der Waals surface area contributed by atoms with E-state index in [0.717, 1.165) is 27.7 Å². The fourth-order valence-electron chi connectivity index (χ4n) is 3.01. The SMILES string of the molecule is C=CC(=O)Nc1cccc(Nc2nc(Nc3ccc(OCCSC(=S)NC4CC4)cc3)ncc2F)c1. The number of amides is 1. The molecule has 0 spiro atoms. The van der Waals surface area contributed by atoms with Crippen molar-refractivity contribution in [3.63, 3.8) is 0 Å². The smallest absolute Gasteiger partial charge is 0.247 e. The number of nitrogens with one attached hydrogen (secondary N) is 4. The first-order valence-corrected chi connectivity index (χ1v) is 12.6. The second-order valence-electron chi connectivity index (χ2n) is 7.84. The van der Waals surface area contributed by atoms with Crippen molar-refractivity contribution in [3.8, 4) is 5.75 Å². The number of benzene rings is 2. The molecular formula is C25H25FN6O2S2. The van der Waals surface area contributed by atoms with Crippen LogP contribution in [0.4, 0.5) is 33.2 Å². The zero-order valence-corrected chi connectivity index (χ0v) is 20.9. The molecule has 1 saturated carbocycles. The summed E-state index contributed by atoms with van der Waals surface area (Å²) in [6.07, 6.45) is 4.65. The lowest BCUT2D eigenvalue weighted by atomic mass is 10.2. The van der Waals surface area contributed by atoms with Crippen molar-refractivity contribution in [2.45, 2.75) is 18.9 Å². The number of hydrogen-bond donors (Lipinski definition) is 4. The summed E-state index contributed by atoms with van der Waals surface area (Å²) < 4.78 is 20.9. The molecule has 1 aromatic heterocycles. The van der Waals surface area contributed by atoms with E-state index in [1.807, 2.05) is 24.3 Å². The summed E-state index contributed by atoms with van der Waals surface area (Å²) >= 11 is 6.87. The number of hydrogen-bond acceptors (Lipinski definition) is 8. The van der Waals surface area contributed by atoms with Gasteiger partial charge >= 0.3 is 0 Å². The standard InChI is InChI=1S/C25H25FN6O2S2/c1-2-22(33)28-18-4-3-5-19(14-18)29-23-21(26)15-27-24(32-23)30-16-8-10-20(11-9-16)34-12-13-36-25(35)31-17-6-7-17/h2-5,8-11,14-15,17H,1,6-7,12-13H2,(H,28,33)(H,31,35)(H2,27,29,30,32). The molecule has 4 rings (SSSR count). The maximum atomic E-state index is 14.3. The van der Waals surface area contributed by atoms with Gasteiger partial charge < -0.3 is 26.0 Å². The summed E-state index contributed by atoms with van der Waals surface area (Å²) in [6.45, 7) is 3.96. The summed E-state index contributed by atoms with van der Waals surface area (Å²) in [5.74, 6) is 0.749. The Hall–Kier alpha value is -3.70. The molecule has 1 amide bonds. The van der Waals surface area contributed by atoms with Gasteiger partial charge in [-0.15, -0.1) is 0 Å². The van der Waals surface area contributed by atoms with E-state index in [0.29, 0.717) is 24.0 Å². The Labute approximate surface area is 218 Å². The van der Waals surface area contributed by atoms with Gasteiger partial charge in [0.1, 0.15) is 10.1 Å². The van der Waals surface area contributed by atoms with Crippen LogP contribution in [0, 0.1) is 5.82 Å². The highest BCUT2D eigenvalue weighted by Crippen LogP contribution is 2.24. The van der Waals surface area contributed by atoms with E-state index >= 15 is 0 Å². The highest BCUT2D eigenvalue weighted by atomic mass is 32.2. The van der Waals surface area contributed by atoms with Gasteiger partial charge in [0.25, 0.3) is 0 Å². The minimum absolute atomic E-state index is 0.00811. The van der Waals surface area contributed by atoms with Crippen molar-refractivity contribution in [1.29, 1.82) is 0 Å². The van der Waals surface area contributed by atoms with Gasteiger partial charge in [0.05, 0.1) is 12.8 Å². The molecule has 11 heteroatoms. The van der Waals surface area contributed by atoms with Gasteiger partial charge in [-0.05, 0) is 61.4 Å². The predicted octanol–water partition coefficient (Wildman–Crippen LogP) is 5.38. The summed E-state index contributed by atoms with van der Waals surface area (Å²) in [6, 6.07) is 14.7. The zero-order chi connectivity index (χ0) is 25.3. The highest BCUT2D eigenvalue weighted by Gasteiger charge is 2.21. The minimum atomic E-state index is -0.616. The minimum Gasteiger partial charge on any atom is -0.493 e. The van der Waals surface area contributed by atoms with Crippen LogP contribution in [-0.4, -0.2) is 38.6 Å². The van der Waals surface area contributed by atoms with Gasteiger partial charge in [-0.2, -0.15) is 4.98 Å². The quantitative estimate of drug-likeness (QED) is 0.150. The van der Waals surface area contributed by atoms with E-state index in [1.165, 1.54) is 18.9 Å². The number of carbonyl (C=O) groups excluding carboxylic acids is 1. The fraction of sp³-hybridized carbons (Fsp3) is 0.200. The van der Waals surface area contributed by atoms with Gasteiger partial charge in [-0.3, -0.25) is 4.79 Å². The number of halogens is 1. The third kappa shape index (κ3) is 7.92. The number of aromatic nitrogens is 2. The molecule has 1 aliphatic rings. The second-order valence-corrected chi connectivity index (χ2v) is 9.61. The molecule has 36 heavy (non-hydrogen) atoms. The molecule has 0 saturated heterocycles. The van der Waals surface area contributed by atoms with Crippen molar-refractivity contribution >= 4 is 63.0 Å². The molecule has 0 aliphatic heterocycles. The van der Waals surface area contributed by atoms with Crippen molar-refractivity contribution in [2.75, 3.05) is 28.3 Å². The Morgan fingerprint density at radius 3 is 2.69 bits per heavy atom. The van der Waals surface area contributed by atoms with E-state index in [-0.39, 0.29) is 17.7 Å². The summed E-state index contributed by atoms with van der Waals surface area (Å²) in [4.78, 5) is 19.8. The van der Waals surface area contributed by atoms with Crippen molar-refractivity contribution in [1.82, 2.24) is 15.3 Å². The number of nitrogens with zero attached hydrogens (tertiary/aromatic N) is 2. The average molecular weight is 525 g/mol. The Balaban J connectivity index is 1.30. The van der Waals surface area contributed by atoms with Gasteiger partial charge in [0.15, 0.2) is 11.6 Å². The predicted molar refractivity (Wildman–Crippen MR) is 147 cm³/mol. The lowest BCUT2D eigenvalue weighted by Crippen LogP contribution is -2.21. The van der Waals surface area contributed by atoms with Crippen LogP contribution < -0.4 is 26.0 Å². The topological polar surface area (TPSA) is 100 Å². The van der Waals surface area contributed by atoms with Gasteiger partial charge in [0, 0.05) is 28.9 Å². The second kappa shape index (κ2) is 12.3. The number of ether oxygens (including phenoxy) is 1. The van der Waals surface area contributed by atoms with Gasteiger partial charge in [0.2, 0.25) is 11.9 Å². The molecule has 0 atom stereocenters. The number of rotatable bonds is 11. The van der Waals surface area contributed by atoms with Crippen LogP contribution >= 0.6 is 24.0 Å². The van der Waals surface area contributed by atoms with Gasteiger partial charge in [-0.1, -0.05) is 36.6 Å². The van der Waals surface area contributed by atoms with Crippen molar-refractivity contribution in [3.05, 3.63) is 73.2 Å². The monoisotopic (exact) mass is 524 g/mol. The van der Waals surface area contributed by atoms with E-state index in [9.17, 15) is 9.18 Å². The third-order valence-electron chi connectivity index (χ3n) is 4.92. The average Bonchev–Trinajstić information content (AvgIpc) is 3.69. The van der Waals surface area contributed by atoms with E-state index < -0.39 is 5.82 Å². The number of anilines is 5. The largest absolute Gasteiger partial charge is 0.493 e. The molecule has 0 bridgehead atoms. The molecule has 0 radical (unpaired) electrons. The molecule has 0 unspecified atom stereocenters. The maximum absolute atomic E-state index is 14.3. The van der Waals surface area contributed by atoms with Crippen LogP contribution in [0.3, 0.4) is 0 Å². The summed E-state index contributed by atoms with van der Waals surface area (Å²) in [5, 5.41) is 11.9. The first-order valence-electron chi connectivity index (χ1n) is 11.2. The van der Waals surface area contributed by atoms with Gasteiger partial charge in [-0.25, -0.2) is 9.37 Å². The summed E-state index contributed by atoms with van der Waals surface area (Å²) in [7, 11) is 0. The van der Waals surface area contributed by atoms with Crippen LogP contribution in [0.15, 0.2) is 67.4 Å². The normalized spacial score (nSPS) is 12.4. The maximum Gasteiger partial charge on any atom is 0.247 e. The highest BCUT2D eigenvalue weighted by molar-refractivity contribution is 8.22. The molecule has 1 heterocycles. The molecule has 186 valence electrons. The van der Waals surface area contributed by atoms with E-state index in [1.54, 1.807) is 36.0 Å². The molecular weight excluding hydrogens is 499 g/mol. The Kier molecular flexibility index (Phi) is 8.69. The van der Waals surface area contributed by atoms with Crippen LogP contribution in [0.2, 0.25) is 0 Å². The third-order valence-corrected chi connectivity index (χ3v) is 6.14. The Bertz CT molecular complexity index is 1240. The number of carbonyl (C=O) groups is 1. The summed E-state index contributed by atoms with van der Waals surface area (Å²) in [5.41, 5.74) is 1.80. The Morgan fingerprint density at radius 2 is 1.94 bits per heavy atom.